The zero-order chi connectivity index (χ0) is 20.6. The molecule has 4 rings (SSSR count). The van der Waals surface area contributed by atoms with Gasteiger partial charge in [-0.05, 0) is 42.5 Å². The van der Waals surface area contributed by atoms with Gasteiger partial charge in [0.1, 0.15) is 12.1 Å². The second-order valence-electron chi connectivity index (χ2n) is 8.03. The molecular weight excluding hydrogens is 370 g/mol. The second-order valence-corrected chi connectivity index (χ2v) is 8.03. The number of anilines is 1. The van der Waals surface area contributed by atoms with Crippen LogP contribution in [-0.2, 0) is 16.0 Å². The van der Waals surface area contributed by atoms with E-state index in [2.05, 4.69) is 41.7 Å². The highest BCUT2D eigenvalue weighted by molar-refractivity contribution is 5.80. The molecule has 0 saturated heterocycles. The molecular formula is C27H29NO2. The molecule has 30 heavy (non-hydrogen) atoms. The van der Waals surface area contributed by atoms with Crippen LogP contribution in [0.25, 0.3) is 0 Å². The Hall–Kier alpha value is -3.07. The predicted octanol–water partition coefficient (Wildman–Crippen LogP) is 5.98. The first kappa shape index (κ1) is 20.2. The largest absolute Gasteiger partial charge is 0.460 e. The van der Waals surface area contributed by atoms with E-state index < -0.39 is 6.04 Å². The number of esters is 1. The zero-order valence-electron chi connectivity index (χ0n) is 17.2. The van der Waals surface area contributed by atoms with Crippen LogP contribution in [0, 0.1) is 0 Å². The van der Waals surface area contributed by atoms with E-state index in [-0.39, 0.29) is 18.0 Å². The molecule has 154 valence electrons. The fourth-order valence-electron chi connectivity index (χ4n) is 4.33. The minimum absolute atomic E-state index is 0.0653. The molecule has 0 bridgehead atoms. The van der Waals surface area contributed by atoms with Crippen LogP contribution < -0.4 is 5.32 Å². The van der Waals surface area contributed by atoms with E-state index in [9.17, 15) is 4.79 Å². The number of carbonyl (C=O) groups excluding carboxylic acids is 1. The number of carbonyl (C=O) groups is 1. The summed E-state index contributed by atoms with van der Waals surface area (Å²) in [5, 5.41) is 3.40. The van der Waals surface area contributed by atoms with Crippen molar-refractivity contribution in [1.29, 1.82) is 0 Å². The number of nitrogens with one attached hydrogen (secondary N) is 1. The van der Waals surface area contributed by atoms with Crippen LogP contribution in [0.1, 0.15) is 42.7 Å². The molecule has 0 aliphatic heterocycles. The summed E-state index contributed by atoms with van der Waals surface area (Å²) in [6.07, 6.45) is 4.81. The highest BCUT2D eigenvalue weighted by atomic mass is 16.5. The van der Waals surface area contributed by atoms with Gasteiger partial charge in [0.2, 0.25) is 0 Å². The summed E-state index contributed by atoms with van der Waals surface area (Å²) in [5.74, 6) is 0.105. The van der Waals surface area contributed by atoms with Gasteiger partial charge in [0.05, 0.1) is 0 Å². The number of hydrogen-bond donors (Lipinski definition) is 1. The average molecular weight is 400 g/mol. The minimum atomic E-state index is -0.423. The van der Waals surface area contributed by atoms with E-state index in [1.165, 1.54) is 12.0 Å². The number of benzene rings is 3. The molecule has 0 aromatic heterocycles. The Kier molecular flexibility index (Phi) is 6.81. The van der Waals surface area contributed by atoms with Crippen LogP contribution in [0.3, 0.4) is 0 Å². The maximum Gasteiger partial charge on any atom is 0.329 e. The van der Waals surface area contributed by atoms with Crippen molar-refractivity contribution >= 4 is 11.7 Å². The lowest BCUT2D eigenvalue weighted by Crippen LogP contribution is -2.38. The standard InChI is InChI=1S/C27H29NO2/c29-27(30-26-19-11-10-18-24(26)22-14-6-2-7-15-22)25(20-21-12-4-1-5-13-21)28-23-16-8-3-9-17-23/h1-9,12-17,24-26,28H,10-11,18-20H2/t24-,25?,26+/m1/s1. The van der Waals surface area contributed by atoms with E-state index in [0.29, 0.717) is 6.42 Å². The number of hydrogen-bond acceptors (Lipinski definition) is 3. The molecule has 3 aromatic rings. The summed E-state index contributed by atoms with van der Waals surface area (Å²) in [7, 11) is 0. The van der Waals surface area contributed by atoms with Crippen molar-refractivity contribution in [3.8, 4) is 0 Å². The van der Waals surface area contributed by atoms with Gasteiger partial charge in [-0.1, -0.05) is 85.3 Å². The van der Waals surface area contributed by atoms with Crippen molar-refractivity contribution in [2.24, 2.45) is 0 Å². The summed E-state index contributed by atoms with van der Waals surface area (Å²) in [6, 6.07) is 30.1. The summed E-state index contributed by atoms with van der Waals surface area (Å²) in [4.78, 5) is 13.3. The van der Waals surface area contributed by atoms with E-state index in [4.69, 9.17) is 4.74 Å². The van der Waals surface area contributed by atoms with Gasteiger partial charge in [-0.15, -0.1) is 0 Å². The first-order valence-corrected chi connectivity index (χ1v) is 10.9. The molecule has 0 radical (unpaired) electrons. The van der Waals surface area contributed by atoms with Crippen molar-refractivity contribution in [2.75, 3.05) is 5.32 Å². The van der Waals surface area contributed by atoms with Gasteiger partial charge in [-0.3, -0.25) is 0 Å². The Bertz CT molecular complexity index is 870. The molecule has 3 nitrogen and oxygen atoms in total. The third kappa shape index (κ3) is 5.29. The highest BCUT2D eigenvalue weighted by Gasteiger charge is 2.32. The molecule has 1 aliphatic carbocycles. The summed E-state index contributed by atoms with van der Waals surface area (Å²) in [6.45, 7) is 0. The average Bonchev–Trinajstić information content (AvgIpc) is 2.81. The van der Waals surface area contributed by atoms with Crippen molar-refractivity contribution < 1.29 is 9.53 Å². The molecule has 1 unspecified atom stereocenters. The smallest absolute Gasteiger partial charge is 0.329 e. The number of ether oxygens (including phenoxy) is 1. The Morgan fingerprint density at radius 3 is 2.13 bits per heavy atom. The third-order valence-corrected chi connectivity index (χ3v) is 5.88. The lowest BCUT2D eigenvalue weighted by Gasteiger charge is -2.33. The van der Waals surface area contributed by atoms with E-state index in [0.717, 1.165) is 30.5 Å². The number of rotatable bonds is 7. The Morgan fingerprint density at radius 1 is 0.833 bits per heavy atom. The van der Waals surface area contributed by atoms with Crippen molar-refractivity contribution in [3.63, 3.8) is 0 Å². The maximum atomic E-state index is 13.3. The van der Waals surface area contributed by atoms with Crippen LogP contribution in [0.4, 0.5) is 5.69 Å². The van der Waals surface area contributed by atoms with Gasteiger partial charge in [-0.25, -0.2) is 4.79 Å². The molecule has 0 amide bonds. The van der Waals surface area contributed by atoms with Crippen LogP contribution >= 0.6 is 0 Å². The quantitative estimate of drug-likeness (QED) is 0.497. The second kappa shape index (κ2) is 10.1. The lowest BCUT2D eigenvalue weighted by atomic mass is 9.81. The van der Waals surface area contributed by atoms with Gasteiger partial charge in [0.25, 0.3) is 0 Å². The summed E-state index contributed by atoms with van der Waals surface area (Å²) >= 11 is 0. The zero-order valence-corrected chi connectivity index (χ0v) is 17.2. The number of para-hydroxylation sites is 1. The molecule has 0 spiro atoms. The van der Waals surface area contributed by atoms with E-state index in [1.54, 1.807) is 0 Å². The first-order valence-electron chi connectivity index (χ1n) is 10.9. The van der Waals surface area contributed by atoms with Crippen molar-refractivity contribution in [1.82, 2.24) is 0 Å². The van der Waals surface area contributed by atoms with Crippen LogP contribution in [0.15, 0.2) is 91.0 Å². The van der Waals surface area contributed by atoms with Crippen LogP contribution in [-0.4, -0.2) is 18.1 Å². The van der Waals surface area contributed by atoms with Gasteiger partial charge < -0.3 is 10.1 Å². The van der Waals surface area contributed by atoms with Gasteiger partial charge in [-0.2, -0.15) is 0 Å². The lowest BCUT2D eigenvalue weighted by molar-refractivity contribution is -0.152. The van der Waals surface area contributed by atoms with Gasteiger partial charge >= 0.3 is 5.97 Å². The fourth-order valence-corrected chi connectivity index (χ4v) is 4.33. The van der Waals surface area contributed by atoms with Gasteiger partial charge in [0, 0.05) is 18.0 Å². The highest BCUT2D eigenvalue weighted by Crippen LogP contribution is 2.35. The molecule has 1 aliphatic rings. The normalized spacial score (nSPS) is 19.6. The molecule has 3 heteroatoms. The minimum Gasteiger partial charge on any atom is -0.460 e. The van der Waals surface area contributed by atoms with Crippen LogP contribution in [0.5, 0.6) is 0 Å². The molecule has 1 fully saturated rings. The topological polar surface area (TPSA) is 38.3 Å². The van der Waals surface area contributed by atoms with Crippen LogP contribution in [0.2, 0.25) is 0 Å². The summed E-state index contributed by atoms with van der Waals surface area (Å²) in [5.41, 5.74) is 3.32. The SMILES string of the molecule is O=C(O[C@H]1CCCC[C@@H]1c1ccccc1)C(Cc1ccccc1)Nc1ccccc1. The van der Waals surface area contributed by atoms with Gasteiger partial charge in [0.15, 0.2) is 0 Å². The molecule has 1 N–H and O–H groups in total. The van der Waals surface area contributed by atoms with Crippen molar-refractivity contribution in [2.45, 2.75) is 50.2 Å². The summed E-state index contributed by atoms with van der Waals surface area (Å²) < 4.78 is 6.16. The Balaban J connectivity index is 1.51. The molecule has 3 aromatic carbocycles. The fraction of sp³-hybridized carbons (Fsp3) is 0.296. The molecule has 3 atom stereocenters. The predicted molar refractivity (Wildman–Crippen MR) is 122 cm³/mol. The van der Waals surface area contributed by atoms with E-state index in [1.807, 2.05) is 54.6 Å². The Morgan fingerprint density at radius 2 is 1.43 bits per heavy atom. The van der Waals surface area contributed by atoms with Crippen molar-refractivity contribution in [3.05, 3.63) is 102 Å². The molecule has 1 saturated carbocycles. The molecule has 0 heterocycles. The monoisotopic (exact) mass is 399 g/mol. The maximum absolute atomic E-state index is 13.3. The third-order valence-electron chi connectivity index (χ3n) is 5.88. The van der Waals surface area contributed by atoms with E-state index >= 15 is 0 Å². The Labute approximate surface area is 179 Å². The first-order chi connectivity index (χ1) is 14.8.